The molecule has 0 aromatic heterocycles. The minimum Gasteiger partial charge on any atom is -0.520 e. The van der Waals surface area contributed by atoms with Crippen LogP contribution < -0.4 is 4.74 Å². The van der Waals surface area contributed by atoms with Crippen molar-refractivity contribution in [2.24, 2.45) is 0 Å². The van der Waals surface area contributed by atoms with E-state index in [1.165, 1.54) is 0 Å². The molecule has 3 nitrogen and oxygen atoms in total. The molecule has 0 spiro atoms. The van der Waals surface area contributed by atoms with E-state index in [9.17, 15) is 4.79 Å². The van der Waals surface area contributed by atoms with E-state index in [2.05, 4.69) is 0 Å². The normalized spacial score (nSPS) is 11.1. The molecule has 18 heavy (non-hydrogen) atoms. The Kier molecular flexibility index (Phi) is 5.91. The van der Waals surface area contributed by atoms with Crippen molar-refractivity contribution in [3.8, 4) is 5.75 Å². The van der Waals surface area contributed by atoms with Crippen LogP contribution >= 0.6 is 0 Å². The number of hydrogen-bond acceptors (Lipinski definition) is 3. The first-order chi connectivity index (χ1) is 8.47. The van der Waals surface area contributed by atoms with Gasteiger partial charge in [-0.25, -0.2) is 0 Å². The molecule has 1 aromatic rings. The maximum atomic E-state index is 11.5. The minimum absolute atomic E-state index is 0.0751. The lowest BCUT2D eigenvalue weighted by Gasteiger charge is -2.17. The summed E-state index contributed by atoms with van der Waals surface area (Å²) in [6.45, 7) is 6.69. The Morgan fingerprint density at radius 2 is 1.78 bits per heavy atom. The van der Waals surface area contributed by atoms with E-state index >= 15 is 0 Å². The largest absolute Gasteiger partial charge is 0.520 e. The molecule has 0 unspecified atom stereocenters. The highest BCUT2D eigenvalue weighted by atomic mass is 28.4. The Balaban J connectivity index is 2.07. The highest BCUT2D eigenvalue weighted by Gasteiger charge is 2.19. The third-order valence-corrected chi connectivity index (χ3v) is 3.05. The average Bonchev–Trinajstić information content (AvgIpc) is 2.27. The second-order valence-electron chi connectivity index (χ2n) is 5.21. The van der Waals surface area contributed by atoms with Crippen molar-refractivity contribution in [2.45, 2.75) is 38.9 Å². The standard InChI is InChI=1S/C14H22O3Si/c1-18(2,3)17-14(15)11-7-8-12-16-13-9-5-4-6-10-13/h4-6,9-10H,7-8,11-12H2,1-3H3. The molecule has 0 N–H and O–H groups in total. The van der Waals surface area contributed by atoms with Gasteiger partial charge >= 0.3 is 0 Å². The van der Waals surface area contributed by atoms with E-state index in [1.54, 1.807) is 0 Å². The molecule has 0 atom stereocenters. The number of carbonyl (C=O) groups is 1. The molecule has 0 amide bonds. The third-order valence-electron chi connectivity index (χ3n) is 2.21. The van der Waals surface area contributed by atoms with Crippen LogP contribution in [0.15, 0.2) is 30.3 Å². The van der Waals surface area contributed by atoms with E-state index in [1.807, 2.05) is 50.0 Å². The van der Waals surface area contributed by atoms with Crippen LogP contribution in [0.3, 0.4) is 0 Å². The smallest absolute Gasteiger partial charge is 0.292 e. The van der Waals surface area contributed by atoms with Gasteiger partial charge in [-0.2, -0.15) is 0 Å². The van der Waals surface area contributed by atoms with Crippen LogP contribution in [0, 0.1) is 0 Å². The van der Waals surface area contributed by atoms with Crippen LogP contribution in [0.2, 0.25) is 19.6 Å². The van der Waals surface area contributed by atoms with Crippen LogP contribution in [-0.2, 0) is 9.22 Å². The number of carbonyl (C=O) groups excluding carboxylic acids is 1. The zero-order chi connectivity index (χ0) is 13.4. The Hall–Kier alpha value is -1.29. The summed E-state index contributed by atoms with van der Waals surface area (Å²) >= 11 is 0. The lowest BCUT2D eigenvalue weighted by Crippen LogP contribution is -2.29. The van der Waals surface area contributed by atoms with E-state index in [-0.39, 0.29) is 5.97 Å². The second-order valence-corrected chi connectivity index (χ2v) is 9.63. The van der Waals surface area contributed by atoms with Gasteiger partial charge < -0.3 is 9.16 Å². The maximum Gasteiger partial charge on any atom is 0.292 e. The van der Waals surface area contributed by atoms with Gasteiger partial charge in [0.15, 0.2) is 0 Å². The van der Waals surface area contributed by atoms with Gasteiger partial charge in [0.05, 0.1) is 6.61 Å². The van der Waals surface area contributed by atoms with Gasteiger partial charge in [-0.15, -0.1) is 0 Å². The van der Waals surface area contributed by atoms with Crippen molar-refractivity contribution >= 4 is 14.3 Å². The molecule has 0 aliphatic heterocycles. The molecular weight excluding hydrogens is 244 g/mol. The second kappa shape index (κ2) is 7.21. The summed E-state index contributed by atoms with van der Waals surface area (Å²) in [4.78, 5) is 11.5. The summed E-state index contributed by atoms with van der Waals surface area (Å²) in [6.07, 6.45) is 2.17. The topological polar surface area (TPSA) is 35.5 Å². The van der Waals surface area contributed by atoms with Gasteiger partial charge in [-0.3, -0.25) is 4.79 Å². The Bertz CT molecular complexity index is 357. The van der Waals surface area contributed by atoms with Gasteiger partial charge in [0.1, 0.15) is 5.75 Å². The predicted octanol–water partition coefficient (Wildman–Crippen LogP) is 3.61. The average molecular weight is 266 g/mol. The fraction of sp³-hybridized carbons (Fsp3) is 0.500. The number of para-hydroxylation sites is 1. The molecule has 0 heterocycles. The SMILES string of the molecule is C[Si](C)(C)OC(=O)CCCCOc1ccccc1. The number of hydrogen-bond donors (Lipinski definition) is 0. The van der Waals surface area contributed by atoms with Gasteiger partial charge in [0.25, 0.3) is 5.97 Å². The molecule has 0 bridgehead atoms. The molecule has 4 heteroatoms. The quantitative estimate of drug-likeness (QED) is 0.558. The molecule has 0 fully saturated rings. The minimum atomic E-state index is -1.72. The van der Waals surface area contributed by atoms with Crippen molar-refractivity contribution in [2.75, 3.05) is 6.61 Å². The molecule has 0 aliphatic rings. The fourth-order valence-corrected chi connectivity index (χ4v) is 2.26. The summed E-state index contributed by atoms with van der Waals surface area (Å²) in [5, 5.41) is 0. The molecule has 1 aromatic carbocycles. The highest BCUT2D eigenvalue weighted by Crippen LogP contribution is 2.10. The summed E-state index contributed by atoms with van der Waals surface area (Å²) < 4.78 is 10.9. The van der Waals surface area contributed by atoms with Crippen LogP contribution in [0.4, 0.5) is 0 Å². The van der Waals surface area contributed by atoms with Gasteiger partial charge in [0, 0.05) is 6.42 Å². The van der Waals surface area contributed by atoms with E-state index in [0.717, 1.165) is 18.6 Å². The number of ether oxygens (including phenoxy) is 1. The lowest BCUT2D eigenvalue weighted by molar-refractivity contribution is -0.135. The monoisotopic (exact) mass is 266 g/mol. The van der Waals surface area contributed by atoms with Crippen molar-refractivity contribution in [1.29, 1.82) is 0 Å². The first kappa shape index (κ1) is 14.8. The molecular formula is C14H22O3Si. The summed E-state index contributed by atoms with van der Waals surface area (Å²) in [7, 11) is -1.72. The number of benzene rings is 1. The van der Waals surface area contributed by atoms with Crippen LogP contribution in [-0.4, -0.2) is 20.9 Å². The van der Waals surface area contributed by atoms with Crippen molar-refractivity contribution in [1.82, 2.24) is 0 Å². The highest BCUT2D eigenvalue weighted by molar-refractivity contribution is 6.71. The fourth-order valence-electron chi connectivity index (χ4n) is 1.47. The third kappa shape index (κ3) is 7.11. The van der Waals surface area contributed by atoms with Gasteiger partial charge in [-0.05, 0) is 44.6 Å². The summed E-state index contributed by atoms with van der Waals surface area (Å²) in [5.41, 5.74) is 0. The predicted molar refractivity (Wildman–Crippen MR) is 75.2 cm³/mol. The molecule has 0 saturated heterocycles. The van der Waals surface area contributed by atoms with Gasteiger partial charge in [-0.1, -0.05) is 18.2 Å². The van der Waals surface area contributed by atoms with Crippen LogP contribution in [0.1, 0.15) is 19.3 Å². The molecule has 0 radical (unpaired) electrons. The molecule has 0 saturated carbocycles. The number of unbranched alkanes of at least 4 members (excludes halogenated alkanes) is 1. The van der Waals surface area contributed by atoms with Crippen LogP contribution in [0.25, 0.3) is 0 Å². The van der Waals surface area contributed by atoms with Crippen molar-refractivity contribution in [3.05, 3.63) is 30.3 Å². The number of rotatable bonds is 7. The Morgan fingerprint density at radius 3 is 2.39 bits per heavy atom. The van der Waals surface area contributed by atoms with Crippen molar-refractivity contribution < 1.29 is 14.0 Å². The Morgan fingerprint density at radius 1 is 1.11 bits per heavy atom. The zero-order valence-corrected chi connectivity index (χ0v) is 12.4. The lowest BCUT2D eigenvalue weighted by atomic mass is 10.2. The Labute approximate surface area is 110 Å². The first-order valence-electron chi connectivity index (χ1n) is 6.37. The molecule has 0 aliphatic carbocycles. The van der Waals surface area contributed by atoms with E-state index in [4.69, 9.17) is 9.16 Å². The molecule has 100 valence electrons. The van der Waals surface area contributed by atoms with E-state index < -0.39 is 8.32 Å². The summed E-state index contributed by atoms with van der Waals surface area (Å²) in [6, 6.07) is 9.71. The maximum absolute atomic E-state index is 11.5. The zero-order valence-electron chi connectivity index (χ0n) is 11.4. The molecule has 1 rings (SSSR count). The van der Waals surface area contributed by atoms with Gasteiger partial charge in [0.2, 0.25) is 8.32 Å². The van der Waals surface area contributed by atoms with Crippen LogP contribution in [0.5, 0.6) is 5.75 Å². The van der Waals surface area contributed by atoms with Crippen molar-refractivity contribution in [3.63, 3.8) is 0 Å². The summed E-state index contributed by atoms with van der Waals surface area (Å²) in [5.74, 6) is 0.802. The first-order valence-corrected chi connectivity index (χ1v) is 9.78. The van der Waals surface area contributed by atoms with E-state index in [0.29, 0.717) is 13.0 Å².